The van der Waals surface area contributed by atoms with Crippen molar-refractivity contribution < 1.29 is 4.42 Å². The highest BCUT2D eigenvalue weighted by Crippen LogP contribution is 2.22. The van der Waals surface area contributed by atoms with E-state index in [1.165, 1.54) is 17.5 Å². The molecule has 1 fully saturated rings. The van der Waals surface area contributed by atoms with E-state index in [-0.39, 0.29) is 24.0 Å². The van der Waals surface area contributed by atoms with Gasteiger partial charge in [0.2, 0.25) is 5.89 Å². The van der Waals surface area contributed by atoms with Crippen LogP contribution in [0.3, 0.4) is 0 Å². The first-order valence-corrected chi connectivity index (χ1v) is 10.6. The summed E-state index contributed by atoms with van der Waals surface area (Å²) in [6.45, 7) is 7.54. The molecule has 2 aromatic heterocycles. The summed E-state index contributed by atoms with van der Waals surface area (Å²) in [6.07, 6.45) is 8.02. The Bertz CT molecular complexity index is 994. The van der Waals surface area contributed by atoms with Gasteiger partial charge in [0.25, 0.3) is 0 Å². The fourth-order valence-corrected chi connectivity index (χ4v) is 3.89. The van der Waals surface area contributed by atoms with Gasteiger partial charge in [0.05, 0.1) is 12.7 Å². The van der Waals surface area contributed by atoms with Crippen LogP contribution < -0.4 is 5.32 Å². The van der Waals surface area contributed by atoms with E-state index < -0.39 is 0 Å². The topological polar surface area (TPSA) is 71.5 Å². The third-order valence-corrected chi connectivity index (χ3v) is 5.44. The molecule has 1 aromatic carbocycles. The second kappa shape index (κ2) is 10.8. The van der Waals surface area contributed by atoms with Crippen molar-refractivity contribution in [3.8, 4) is 11.5 Å². The maximum atomic E-state index is 5.67. The van der Waals surface area contributed by atoms with Gasteiger partial charge in [-0.05, 0) is 50.3 Å². The number of aryl methyl sites for hydroxylation is 2. The molecule has 1 unspecified atom stereocenters. The molecule has 1 saturated heterocycles. The molecule has 1 aliphatic rings. The van der Waals surface area contributed by atoms with Gasteiger partial charge in [-0.15, -0.1) is 24.0 Å². The van der Waals surface area contributed by atoms with Crippen LogP contribution in [0.5, 0.6) is 0 Å². The Morgan fingerprint density at radius 1 is 1.29 bits per heavy atom. The van der Waals surface area contributed by atoms with Gasteiger partial charge in [0, 0.05) is 38.4 Å². The Morgan fingerprint density at radius 3 is 2.81 bits per heavy atom. The van der Waals surface area contributed by atoms with Crippen molar-refractivity contribution in [3.63, 3.8) is 0 Å². The zero-order valence-corrected chi connectivity index (χ0v) is 20.7. The first-order valence-electron chi connectivity index (χ1n) is 10.6. The molecule has 0 saturated carbocycles. The normalized spacial score (nSPS) is 16.4. The highest BCUT2D eigenvalue weighted by Gasteiger charge is 2.25. The molecule has 1 aliphatic heterocycles. The van der Waals surface area contributed by atoms with Gasteiger partial charge < -0.3 is 14.6 Å². The fraction of sp³-hybridized carbons (Fsp3) is 0.435. The van der Waals surface area contributed by atoms with Crippen molar-refractivity contribution >= 4 is 29.9 Å². The molecule has 1 atom stereocenters. The molecular formula is C23H31IN6O. The highest BCUT2D eigenvalue weighted by molar-refractivity contribution is 14.0. The van der Waals surface area contributed by atoms with Gasteiger partial charge in [-0.1, -0.05) is 17.7 Å². The number of nitrogens with one attached hydrogen (secondary N) is 1. The average molecular weight is 534 g/mol. The number of guanidine groups is 1. The number of aromatic nitrogens is 3. The highest BCUT2D eigenvalue weighted by atomic mass is 127. The molecule has 7 nitrogen and oxygen atoms in total. The number of rotatable bonds is 6. The molecule has 0 bridgehead atoms. The maximum Gasteiger partial charge on any atom is 0.226 e. The Labute approximate surface area is 201 Å². The monoisotopic (exact) mass is 534 g/mol. The lowest BCUT2D eigenvalue weighted by Gasteiger charge is -2.21. The van der Waals surface area contributed by atoms with E-state index in [9.17, 15) is 0 Å². The number of oxazole rings is 1. The third kappa shape index (κ3) is 6.09. The van der Waals surface area contributed by atoms with E-state index >= 15 is 0 Å². The number of nitrogens with zero attached hydrogens (tertiary/aromatic N) is 5. The van der Waals surface area contributed by atoms with Crippen LogP contribution in [-0.2, 0) is 20.0 Å². The van der Waals surface area contributed by atoms with E-state index in [0.717, 1.165) is 43.3 Å². The summed E-state index contributed by atoms with van der Waals surface area (Å²) in [5.74, 6) is 2.22. The standard InChI is InChI=1S/C23H30N6O.HI/c1-4-24-23(29-10-9-18(15-29)11-19-12-26-28(3)14-19)25-13-21-16-30-22(27-21)20-7-5-17(2)6-8-20;/h5-8,12,14,16,18H,4,9-11,13,15H2,1-3H3,(H,24,25);1H. The SMILES string of the molecule is CCNC(=NCc1coc(-c2ccc(C)cc2)n1)N1CCC(Cc2cnn(C)c2)C1.I. The summed E-state index contributed by atoms with van der Waals surface area (Å²) >= 11 is 0. The van der Waals surface area contributed by atoms with Crippen LogP contribution >= 0.6 is 24.0 Å². The van der Waals surface area contributed by atoms with Gasteiger partial charge in [0.1, 0.15) is 12.0 Å². The van der Waals surface area contributed by atoms with Gasteiger partial charge in [-0.3, -0.25) is 4.68 Å². The molecule has 3 heterocycles. The van der Waals surface area contributed by atoms with E-state index in [1.807, 2.05) is 30.1 Å². The molecule has 1 N–H and O–H groups in total. The van der Waals surface area contributed by atoms with Crippen LogP contribution in [0.4, 0.5) is 0 Å². The van der Waals surface area contributed by atoms with Crippen LogP contribution in [0.2, 0.25) is 0 Å². The van der Waals surface area contributed by atoms with Crippen LogP contribution in [0.1, 0.15) is 30.2 Å². The van der Waals surface area contributed by atoms with E-state index in [1.54, 1.807) is 6.26 Å². The van der Waals surface area contributed by atoms with Gasteiger partial charge >= 0.3 is 0 Å². The number of halogens is 1. The van der Waals surface area contributed by atoms with Crippen LogP contribution in [0.15, 0.2) is 52.3 Å². The lowest BCUT2D eigenvalue weighted by atomic mass is 10.0. The molecule has 31 heavy (non-hydrogen) atoms. The summed E-state index contributed by atoms with van der Waals surface area (Å²) in [6, 6.07) is 8.20. The Balaban J connectivity index is 0.00000272. The predicted octanol–water partition coefficient (Wildman–Crippen LogP) is 4.03. The molecule has 3 aromatic rings. The van der Waals surface area contributed by atoms with Crippen LogP contribution in [0, 0.1) is 12.8 Å². The number of benzene rings is 1. The van der Waals surface area contributed by atoms with Gasteiger partial charge in [0.15, 0.2) is 5.96 Å². The minimum atomic E-state index is 0. The third-order valence-electron chi connectivity index (χ3n) is 5.44. The van der Waals surface area contributed by atoms with Crippen molar-refractivity contribution in [2.45, 2.75) is 33.2 Å². The Hall–Kier alpha value is -2.36. The summed E-state index contributed by atoms with van der Waals surface area (Å²) in [5.41, 5.74) is 4.35. The van der Waals surface area contributed by atoms with Crippen molar-refractivity contribution in [1.82, 2.24) is 25.0 Å². The quantitative estimate of drug-likeness (QED) is 0.294. The zero-order valence-electron chi connectivity index (χ0n) is 18.4. The molecule has 0 spiro atoms. The minimum absolute atomic E-state index is 0. The van der Waals surface area contributed by atoms with E-state index in [2.05, 4.69) is 52.5 Å². The van der Waals surface area contributed by atoms with E-state index in [0.29, 0.717) is 18.4 Å². The lowest BCUT2D eigenvalue weighted by Crippen LogP contribution is -2.40. The maximum absolute atomic E-state index is 5.67. The Morgan fingerprint density at radius 2 is 2.10 bits per heavy atom. The molecule has 166 valence electrons. The molecule has 0 radical (unpaired) electrons. The fourth-order valence-electron chi connectivity index (χ4n) is 3.89. The first-order chi connectivity index (χ1) is 14.6. The number of aliphatic imine (C=N–C) groups is 1. The van der Waals surface area contributed by atoms with Crippen molar-refractivity contribution in [1.29, 1.82) is 0 Å². The predicted molar refractivity (Wildman–Crippen MR) is 133 cm³/mol. The van der Waals surface area contributed by atoms with Crippen molar-refractivity contribution in [2.24, 2.45) is 18.0 Å². The molecule has 0 aliphatic carbocycles. The second-order valence-electron chi connectivity index (χ2n) is 8.01. The summed E-state index contributed by atoms with van der Waals surface area (Å²) < 4.78 is 7.54. The van der Waals surface area contributed by atoms with Crippen molar-refractivity contribution in [2.75, 3.05) is 19.6 Å². The first kappa shape index (κ1) is 23.3. The summed E-state index contributed by atoms with van der Waals surface area (Å²) in [7, 11) is 1.97. The van der Waals surface area contributed by atoms with Crippen LogP contribution in [0.25, 0.3) is 11.5 Å². The smallest absolute Gasteiger partial charge is 0.226 e. The Kier molecular flexibility index (Phi) is 8.11. The van der Waals surface area contributed by atoms with E-state index in [4.69, 9.17) is 9.41 Å². The summed E-state index contributed by atoms with van der Waals surface area (Å²) in [5, 5.41) is 7.71. The van der Waals surface area contributed by atoms with Gasteiger partial charge in [-0.25, -0.2) is 9.98 Å². The minimum Gasteiger partial charge on any atom is -0.444 e. The zero-order chi connectivity index (χ0) is 20.9. The van der Waals surface area contributed by atoms with Gasteiger partial charge in [-0.2, -0.15) is 5.10 Å². The summed E-state index contributed by atoms with van der Waals surface area (Å²) in [4.78, 5) is 11.8. The van der Waals surface area contributed by atoms with Crippen molar-refractivity contribution in [3.05, 3.63) is 59.7 Å². The largest absolute Gasteiger partial charge is 0.444 e. The molecule has 4 rings (SSSR count). The number of likely N-dealkylation sites (tertiary alicyclic amines) is 1. The molecular weight excluding hydrogens is 503 g/mol. The molecule has 8 heteroatoms. The number of hydrogen-bond acceptors (Lipinski definition) is 4. The second-order valence-corrected chi connectivity index (χ2v) is 8.01. The number of hydrogen-bond donors (Lipinski definition) is 1. The molecule has 0 amide bonds. The van der Waals surface area contributed by atoms with Crippen LogP contribution in [-0.4, -0.2) is 45.3 Å². The average Bonchev–Trinajstić information content (AvgIpc) is 3.48. The lowest BCUT2D eigenvalue weighted by molar-refractivity contribution is 0.459.